The van der Waals surface area contributed by atoms with Crippen molar-refractivity contribution in [1.29, 1.82) is 0 Å². The molecule has 0 aliphatic heterocycles. The van der Waals surface area contributed by atoms with Crippen LogP contribution in [0.2, 0.25) is 0 Å². The fourth-order valence-corrected chi connectivity index (χ4v) is 3.08. The molecule has 3 aromatic rings. The zero-order valence-corrected chi connectivity index (χ0v) is 18.3. The maximum atomic E-state index is 5.87. The Morgan fingerprint density at radius 3 is 2.26 bits per heavy atom. The molecule has 0 saturated heterocycles. The maximum Gasteiger partial charge on any atom is 0.191 e. The monoisotopic (exact) mass is 422 g/mol. The summed E-state index contributed by atoms with van der Waals surface area (Å²) < 4.78 is 13.1. The normalized spacial score (nSPS) is 11.3. The molecule has 0 unspecified atom stereocenters. The van der Waals surface area contributed by atoms with Crippen LogP contribution in [0.3, 0.4) is 0 Å². The number of ether oxygens (including phenoxy) is 2. The average Bonchev–Trinajstić information content (AvgIpc) is 3.27. The Kier molecular flexibility index (Phi) is 8.28. The number of guanidine groups is 1. The first-order valence-electron chi connectivity index (χ1n) is 10.4. The number of aromatic nitrogens is 3. The van der Waals surface area contributed by atoms with Crippen molar-refractivity contribution in [3.05, 3.63) is 66.2 Å². The maximum absolute atomic E-state index is 5.87. The highest BCUT2D eigenvalue weighted by Gasteiger charge is 2.03. The van der Waals surface area contributed by atoms with E-state index in [1.54, 1.807) is 20.5 Å². The summed E-state index contributed by atoms with van der Waals surface area (Å²) in [5.74, 6) is 4.17. The van der Waals surface area contributed by atoms with Gasteiger partial charge in [-0.3, -0.25) is 4.99 Å². The van der Waals surface area contributed by atoms with Gasteiger partial charge < -0.3 is 24.7 Å². The molecule has 8 heteroatoms. The van der Waals surface area contributed by atoms with Gasteiger partial charge in [-0.1, -0.05) is 19.1 Å². The van der Waals surface area contributed by atoms with E-state index in [4.69, 9.17) is 9.47 Å². The van der Waals surface area contributed by atoms with Crippen LogP contribution in [0.4, 0.5) is 0 Å². The van der Waals surface area contributed by atoms with Crippen LogP contribution in [0, 0.1) is 0 Å². The Bertz CT molecular complexity index is 951. The zero-order valence-electron chi connectivity index (χ0n) is 18.3. The molecule has 0 aliphatic carbocycles. The Balaban J connectivity index is 1.39. The highest BCUT2D eigenvalue weighted by atomic mass is 16.5. The predicted octanol–water partition coefficient (Wildman–Crippen LogP) is 3.05. The first-order chi connectivity index (χ1) is 15.2. The fraction of sp³-hybridized carbons (Fsp3) is 0.348. The summed E-state index contributed by atoms with van der Waals surface area (Å²) in [5, 5.41) is 14.7. The number of aryl methyl sites for hydroxylation is 1. The SMILES string of the molecule is CCc1nncn1CCNC(=NC)NCCc1ccc(Oc2ccc(OC)cc2)cc1. The van der Waals surface area contributed by atoms with Crippen LogP contribution in [0.25, 0.3) is 0 Å². The second kappa shape index (κ2) is 11.6. The van der Waals surface area contributed by atoms with Crippen molar-refractivity contribution in [3.63, 3.8) is 0 Å². The van der Waals surface area contributed by atoms with Crippen LogP contribution in [-0.4, -0.2) is 48.0 Å². The predicted molar refractivity (Wildman–Crippen MR) is 122 cm³/mol. The molecule has 164 valence electrons. The highest BCUT2D eigenvalue weighted by molar-refractivity contribution is 5.79. The van der Waals surface area contributed by atoms with E-state index >= 15 is 0 Å². The van der Waals surface area contributed by atoms with E-state index < -0.39 is 0 Å². The number of methoxy groups -OCH3 is 1. The summed E-state index contributed by atoms with van der Waals surface area (Å²) in [4.78, 5) is 4.28. The van der Waals surface area contributed by atoms with Gasteiger partial charge >= 0.3 is 0 Å². The zero-order chi connectivity index (χ0) is 21.9. The van der Waals surface area contributed by atoms with Gasteiger partial charge in [-0.25, -0.2) is 0 Å². The smallest absolute Gasteiger partial charge is 0.191 e. The van der Waals surface area contributed by atoms with Gasteiger partial charge in [-0.15, -0.1) is 10.2 Å². The lowest BCUT2D eigenvalue weighted by Crippen LogP contribution is -2.39. The van der Waals surface area contributed by atoms with E-state index in [0.29, 0.717) is 0 Å². The first kappa shape index (κ1) is 22.1. The lowest BCUT2D eigenvalue weighted by Gasteiger charge is -2.13. The van der Waals surface area contributed by atoms with Gasteiger partial charge in [0.05, 0.1) is 7.11 Å². The third-order valence-corrected chi connectivity index (χ3v) is 4.81. The fourth-order valence-electron chi connectivity index (χ4n) is 3.08. The van der Waals surface area contributed by atoms with Gasteiger partial charge in [-0.2, -0.15) is 0 Å². The summed E-state index contributed by atoms with van der Waals surface area (Å²) in [6, 6.07) is 15.7. The Hall–Kier alpha value is -3.55. The largest absolute Gasteiger partial charge is 0.497 e. The standard InChI is InChI=1S/C23H30N6O2/c1-4-22-28-27-17-29(22)16-15-26-23(24-2)25-14-13-18-5-7-20(8-6-18)31-21-11-9-19(30-3)10-12-21/h5-12,17H,4,13-16H2,1-3H3,(H2,24,25,26). The Morgan fingerprint density at radius 1 is 0.968 bits per heavy atom. The lowest BCUT2D eigenvalue weighted by atomic mass is 10.1. The second-order valence-corrected chi connectivity index (χ2v) is 6.89. The van der Waals surface area contributed by atoms with Crippen molar-refractivity contribution >= 4 is 5.96 Å². The minimum absolute atomic E-state index is 0.752. The number of rotatable bonds is 10. The molecule has 0 aliphatic rings. The van der Waals surface area contributed by atoms with E-state index in [1.165, 1.54) is 5.56 Å². The van der Waals surface area contributed by atoms with E-state index in [1.807, 2.05) is 36.4 Å². The van der Waals surface area contributed by atoms with E-state index in [-0.39, 0.29) is 0 Å². The third kappa shape index (κ3) is 6.74. The summed E-state index contributed by atoms with van der Waals surface area (Å²) in [6.45, 7) is 4.41. The molecule has 31 heavy (non-hydrogen) atoms. The molecule has 0 saturated carbocycles. The molecule has 3 rings (SSSR count). The number of nitrogens with one attached hydrogen (secondary N) is 2. The van der Waals surface area contributed by atoms with Crippen LogP contribution >= 0.6 is 0 Å². The molecule has 0 amide bonds. The van der Waals surface area contributed by atoms with Crippen molar-refractivity contribution in [2.24, 2.45) is 4.99 Å². The molecule has 8 nitrogen and oxygen atoms in total. The molecule has 1 aromatic heterocycles. The van der Waals surface area contributed by atoms with Gasteiger partial charge in [-0.05, 0) is 48.4 Å². The van der Waals surface area contributed by atoms with Crippen molar-refractivity contribution in [1.82, 2.24) is 25.4 Å². The molecule has 0 radical (unpaired) electrons. The quantitative estimate of drug-likeness (QED) is 0.386. The van der Waals surface area contributed by atoms with E-state index in [9.17, 15) is 0 Å². The minimum Gasteiger partial charge on any atom is -0.497 e. The molecule has 2 aromatic carbocycles. The molecular formula is C23H30N6O2. The highest BCUT2D eigenvalue weighted by Crippen LogP contribution is 2.24. The minimum atomic E-state index is 0.752. The Morgan fingerprint density at radius 2 is 1.61 bits per heavy atom. The third-order valence-electron chi connectivity index (χ3n) is 4.81. The van der Waals surface area contributed by atoms with Crippen LogP contribution in [0.1, 0.15) is 18.3 Å². The molecule has 2 N–H and O–H groups in total. The summed E-state index contributed by atoms with van der Waals surface area (Å²) >= 11 is 0. The van der Waals surface area contributed by atoms with Gasteiger partial charge in [0.25, 0.3) is 0 Å². The number of nitrogens with zero attached hydrogens (tertiary/aromatic N) is 4. The Labute approximate surface area is 183 Å². The topological polar surface area (TPSA) is 85.6 Å². The van der Waals surface area contributed by atoms with Crippen molar-refractivity contribution in [2.75, 3.05) is 27.2 Å². The van der Waals surface area contributed by atoms with Crippen LogP contribution in [-0.2, 0) is 19.4 Å². The summed E-state index contributed by atoms with van der Waals surface area (Å²) in [7, 11) is 3.42. The van der Waals surface area contributed by atoms with E-state index in [0.717, 1.165) is 61.5 Å². The van der Waals surface area contributed by atoms with Crippen LogP contribution in [0.5, 0.6) is 17.2 Å². The molecule has 0 fully saturated rings. The van der Waals surface area contributed by atoms with Crippen LogP contribution in [0.15, 0.2) is 59.9 Å². The second-order valence-electron chi connectivity index (χ2n) is 6.89. The number of benzene rings is 2. The molecule has 0 spiro atoms. The number of hydrogen-bond acceptors (Lipinski definition) is 5. The summed E-state index contributed by atoms with van der Waals surface area (Å²) in [6.07, 6.45) is 3.52. The van der Waals surface area contributed by atoms with E-state index in [2.05, 4.69) is 49.4 Å². The molecule has 1 heterocycles. The van der Waals surface area contributed by atoms with Gasteiger partial charge in [0.2, 0.25) is 0 Å². The average molecular weight is 423 g/mol. The van der Waals surface area contributed by atoms with Crippen molar-refractivity contribution in [3.8, 4) is 17.2 Å². The first-order valence-corrected chi connectivity index (χ1v) is 10.4. The number of hydrogen-bond donors (Lipinski definition) is 2. The summed E-state index contributed by atoms with van der Waals surface area (Å²) in [5.41, 5.74) is 1.22. The van der Waals surface area contributed by atoms with Gasteiger partial charge in [0.1, 0.15) is 29.4 Å². The van der Waals surface area contributed by atoms with Gasteiger partial charge in [0.15, 0.2) is 5.96 Å². The van der Waals surface area contributed by atoms with Gasteiger partial charge in [0, 0.05) is 33.1 Å². The van der Waals surface area contributed by atoms with Crippen molar-refractivity contribution in [2.45, 2.75) is 26.3 Å². The number of aliphatic imine (C=N–C) groups is 1. The molecule has 0 bridgehead atoms. The lowest BCUT2D eigenvalue weighted by molar-refractivity contribution is 0.413. The van der Waals surface area contributed by atoms with Crippen molar-refractivity contribution < 1.29 is 9.47 Å². The van der Waals surface area contributed by atoms with Crippen LogP contribution < -0.4 is 20.1 Å². The molecule has 0 atom stereocenters. The molecular weight excluding hydrogens is 392 g/mol.